The first-order valence-corrected chi connectivity index (χ1v) is 5.79. The Hall–Kier alpha value is -2.01. The van der Waals surface area contributed by atoms with Crippen molar-refractivity contribution in [3.8, 4) is 11.8 Å². The van der Waals surface area contributed by atoms with E-state index >= 15 is 0 Å². The SMILES string of the molecule is O=C1OCCCCC#C/C=C/c2ccccc21. The molecule has 0 aliphatic carbocycles. The van der Waals surface area contributed by atoms with Crippen LogP contribution < -0.4 is 0 Å². The lowest BCUT2D eigenvalue weighted by Crippen LogP contribution is -2.08. The highest BCUT2D eigenvalue weighted by Crippen LogP contribution is 2.13. The second-order valence-corrected chi connectivity index (χ2v) is 3.83. The number of ether oxygens (including phenoxy) is 1. The lowest BCUT2D eigenvalue weighted by atomic mass is 10.1. The second-order valence-electron chi connectivity index (χ2n) is 3.83. The number of benzene rings is 1. The fraction of sp³-hybridized carbons (Fsp3) is 0.267. The van der Waals surface area contributed by atoms with E-state index in [4.69, 9.17) is 4.74 Å². The summed E-state index contributed by atoms with van der Waals surface area (Å²) >= 11 is 0. The third-order valence-corrected chi connectivity index (χ3v) is 2.56. The average Bonchev–Trinajstić information content (AvgIpc) is 2.35. The van der Waals surface area contributed by atoms with Crippen molar-refractivity contribution in [3.63, 3.8) is 0 Å². The first-order chi connectivity index (χ1) is 8.38. The summed E-state index contributed by atoms with van der Waals surface area (Å²) < 4.78 is 5.22. The maximum absolute atomic E-state index is 11.8. The van der Waals surface area contributed by atoms with Crippen LogP contribution >= 0.6 is 0 Å². The van der Waals surface area contributed by atoms with Gasteiger partial charge in [-0.1, -0.05) is 30.0 Å². The van der Waals surface area contributed by atoms with Gasteiger partial charge in [0.1, 0.15) is 0 Å². The van der Waals surface area contributed by atoms with Crippen molar-refractivity contribution in [2.24, 2.45) is 0 Å². The minimum Gasteiger partial charge on any atom is -0.462 e. The van der Waals surface area contributed by atoms with Crippen LogP contribution in [0.2, 0.25) is 0 Å². The van der Waals surface area contributed by atoms with Gasteiger partial charge in [0.25, 0.3) is 0 Å². The monoisotopic (exact) mass is 226 g/mol. The normalized spacial score (nSPS) is 17.5. The fourth-order valence-electron chi connectivity index (χ4n) is 1.65. The topological polar surface area (TPSA) is 26.3 Å². The summed E-state index contributed by atoms with van der Waals surface area (Å²) in [6.45, 7) is 0.471. The summed E-state index contributed by atoms with van der Waals surface area (Å²) in [6, 6.07) is 7.41. The average molecular weight is 226 g/mol. The molecule has 0 atom stereocenters. The van der Waals surface area contributed by atoms with Gasteiger partial charge in [-0.25, -0.2) is 4.79 Å². The zero-order valence-electron chi connectivity index (χ0n) is 9.61. The van der Waals surface area contributed by atoms with E-state index in [2.05, 4.69) is 11.8 Å². The van der Waals surface area contributed by atoms with Crippen LogP contribution in [-0.2, 0) is 4.74 Å². The number of fused-ring (bicyclic) bond motifs is 1. The molecule has 0 radical (unpaired) electrons. The van der Waals surface area contributed by atoms with Gasteiger partial charge in [0.15, 0.2) is 0 Å². The molecule has 0 saturated carbocycles. The second kappa shape index (κ2) is 5.91. The molecule has 0 spiro atoms. The van der Waals surface area contributed by atoms with Crippen LogP contribution in [0.1, 0.15) is 35.2 Å². The Labute approximate surface area is 101 Å². The van der Waals surface area contributed by atoms with Crippen LogP contribution in [-0.4, -0.2) is 12.6 Å². The number of rotatable bonds is 0. The zero-order chi connectivity index (χ0) is 11.9. The molecule has 1 aliphatic heterocycles. The number of hydrogen-bond donors (Lipinski definition) is 0. The van der Waals surface area contributed by atoms with Gasteiger partial charge in [-0.3, -0.25) is 0 Å². The highest BCUT2D eigenvalue weighted by molar-refractivity contribution is 5.93. The highest BCUT2D eigenvalue weighted by atomic mass is 16.5. The van der Waals surface area contributed by atoms with E-state index in [9.17, 15) is 4.79 Å². The Morgan fingerprint density at radius 2 is 2.06 bits per heavy atom. The summed E-state index contributed by atoms with van der Waals surface area (Å²) in [5, 5.41) is 0. The van der Waals surface area contributed by atoms with E-state index < -0.39 is 0 Å². The van der Waals surface area contributed by atoms with E-state index in [0.717, 1.165) is 24.8 Å². The molecule has 0 bridgehead atoms. The summed E-state index contributed by atoms with van der Waals surface area (Å²) in [7, 11) is 0. The number of carbonyl (C=O) groups is 1. The first-order valence-electron chi connectivity index (χ1n) is 5.79. The van der Waals surface area contributed by atoms with Crippen molar-refractivity contribution in [1.29, 1.82) is 0 Å². The standard InChI is InChI=1S/C15H14O2/c16-15-14-11-7-6-10-13(14)9-5-3-1-2-4-8-12-17-15/h5-7,9-11H,2,4,8,12H2/b9-5+. The summed E-state index contributed by atoms with van der Waals surface area (Å²) in [4.78, 5) is 11.8. The van der Waals surface area contributed by atoms with Crippen LogP contribution in [0.25, 0.3) is 6.08 Å². The predicted molar refractivity (Wildman–Crippen MR) is 67.4 cm³/mol. The van der Waals surface area contributed by atoms with Crippen LogP contribution in [0.5, 0.6) is 0 Å². The van der Waals surface area contributed by atoms with Gasteiger partial charge in [0.2, 0.25) is 0 Å². The van der Waals surface area contributed by atoms with Crippen molar-refractivity contribution >= 4 is 12.0 Å². The van der Waals surface area contributed by atoms with Crippen LogP contribution in [0.15, 0.2) is 30.3 Å². The van der Waals surface area contributed by atoms with Gasteiger partial charge in [-0.15, -0.1) is 0 Å². The minimum atomic E-state index is -0.251. The van der Waals surface area contributed by atoms with Crippen LogP contribution in [0.3, 0.4) is 0 Å². The molecule has 1 heterocycles. The minimum absolute atomic E-state index is 0.251. The van der Waals surface area contributed by atoms with Gasteiger partial charge < -0.3 is 4.74 Å². The Morgan fingerprint density at radius 3 is 3.00 bits per heavy atom. The van der Waals surface area contributed by atoms with Crippen LogP contribution in [0.4, 0.5) is 0 Å². The molecule has 0 aromatic heterocycles. The molecular weight excluding hydrogens is 212 g/mol. The van der Waals surface area contributed by atoms with Gasteiger partial charge in [-0.05, 0) is 36.6 Å². The Morgan fingerprint density at radius 1 is 1.18 bits per heavy atom. The molecule has 0 unspecified atom stereocenters. The number of hydrogen-bond acceptors (Lipinski definition) is 2. The third kappa shape index (κ3) is 3.22. The van der Waals surface area contributed by atoms with E-state index in [1.807, 2.05) is 24.3 Å². The Bertz CT molecular complexity index is 489. The zero-order valence-corrected chi connectivity index (χ0v) is 9.61. The van der Waals surface area contributed by atoms with E-state index in [1.54, 1.807) is 12.1 Å². The molecule has 1 aromatic carbocycles. The largest absolute Gasteiger partial charge is 0.462 e. The first kappa shape index (κ1) is 11.5. The smallest absolute Gasteiger partial charge is 0.338 e. The van der Waals surface area contributed by atoms with E-state index in [0.29, 0.717) is 12.2 Å². The molecule has 0 saturated heterocycles. The third-order valence-electron chi connectivity index (χ3n) is 2.56. The van der Waals surface area contributed by atoms with Crippen LogP contribution in [0, 0.1) is 11.8 Å². The lowest BCUT2D eigenvalue weighted by Gasteiger charge is -2.07. The van der Waals surface area contributed by atoms with E-state index in [1.165, 1.54) is 0 Å². The molecule has 0 N–H and O–H groups in total. The Kier molecular flexibility index (Phi) is 3.99. The molecule has 1 aromatic rings. The summed E-state index contributed by atoms with van der Waals surface area (Å²) in [6.07, 6.45) is 6.32. The maximum atomic E-state index is 11.8. The molecule has 17 heavy (non-hydrogen) atoms. The molecule has 86 valence electrons. The molecule has 2 rings (SSSR count). The summed E-state index contributed by atoms with van der Waals surface area (Å²) in [5.41, 5.74) is 1.46. The van der Waals surface area contributed by atoms with Crippen molar-refractivity contribution in [2.75, 3.05) is 6.61 Å². The number of allylic oxidation sites excluding steroid dienone is 1. The summed E-state index contributed by atoms with van der Waals surface area (Å²) in [5.74, 6) is 5.79. The van der Waals surface area contributed by atoms with Crippen molar-refractivity contribution in [3.05, 3.63) is 41.5 Å². The quantitative estimate of drug-likeness (QED) is 0.502. The molecular formula is C15H14O2. The number of carbonyl (C=O) groups excluding carboxylic acids is 1. The van der Waals surface area contributed by atoms with Crippen molar-refractivity contribution in [2.45, 2.75) is 19.3 Å². The molecule has 1 aliphatic rings. The van der Waals surface area contributed by atoms with Gasteiger partial charge in [-0.2, -0.15) is 0 Å². The highest BCUT2D eigenvalue weighted by Gasteiger charge is 2.10. The van der Waals surface area contributed by atoms with Crippen molar-refractivity contribution < 1.29 is 9.53 Å². The Balaban J connectivity index is 2.31. The molecule has 2 heteroatoms. The molecule has 2 nitrogen and oxygen atoms in total. The number of cyclic esters (lactones) is 1. The van der Waals surface area contributed by atoms with Gasteiger partial charge >= 0.3 is 5.97 Å². The van der Waals surface area contributed by atoms with Gasteiger partial charge in [0.05, 0.1) is 12.2 Å². The van der Waals surface area contributed by atoms with Crippen molar-refractivity contribution in [1.82, 2.24) is 0 Å². The number of esters is 1. The maximum Gasteiger partial charge on any atom is 0.338 e. The lowest BCUT2D eigenvalue weighted by molar-refractivity contribution is 0.0498. The predicted octanol–water partition coefficient (Wildman–Crippen LogP) is 3.04. The molecule has 0 fully saturated rings. The van der Waals surface area contributed by atoms with E-state index in [-0.39, 0.29) is 5.97 Å². The van der Waals surface area contributed by atoms with Gasteiger partial charge in [0, 0.05) is 6.42 Å². The fourth-order valence-corrected chi connectivity index (χ4v) is 1.65. The molecule has 0 amide bonds.